The van der Waals surface area contributed by atoms with Crippen molar-refractivity contribution in [3.63, 3.8) is 0 Å². The minimum Gasteiger partial charge on any atom is -0.368 e. The summed E-state index contributed by atoms with van der Waals surface area (Å²) in [4.78, 5) is 34.5. The van der Waals surface area contributed by atoms with Gasteiger partial charge in [0.1, 0.15) is 0 Å². The third kappa shape index (κ3) is 4.00. The molecule has 4 heterocycles. The van der Waals surface area contributed by atoms with Crippen LogP contribution in [-0.2, 0) is 0 Å². The van der Waals surface area contributed by atoms with E-state index >= 15 is 0 Å². The number of carbonyl (C=O) groups excluding carboxylic acids is 1. The average Bonchev–Trinajstić information content (AvgIpc) is 2.75. The van der Waals surface area contributed by atoms with Crippen LogP contribution in [0.25, 0.3) is 0 Å². The monoisotopic (exact) mass is 367 g/mol. The quantitative estimate of drug-likeness (QED) is 0.786. The maximum absolute atomic E-state index is 12.9. The van der Waals surface area contributed by atoms with Crippen LogP contribution in [0.3, 0.4) is 0 Å². The van der Waals surface area contributed by atoms with Gasteiger partial charge < -0.3 is 19.6 Å². The first-order chi connectivity index (χ1) is 13.2. The second kappa shape index (κ2) is 7.87. The summed E-state index contributed by atoms with van der Waals surface area (Å²) in [6.45, 7) is 6.79. The summed E-state index contributed by atoms with van der Waals surface area (Å²) in [5.74, 6) is 0.774. The van der Waals surface area contributed by atoms with Crippen LogP contribution in [0.2, 0.25) is 0 Å². The molecule has 0 aliphatic carbocycles. The van der Waals surface area contributed by atoms with Gasteiger partial charge in [0.15, 0.2) is 0 Å². The Bertz CT molecular complexity index is 769. The van der Waals surface area contributed by atoms with Gasteiger partial charge >= 0.3 is 0 Å². The first kappa shape index (κ1) is 17.7. The van der Waals surface area contributed by atoms with E-state index in [0.717, 1.165) is 50.9 Å². The topological polar surface area (TPSA) is 68.7 Å². The molecule has 1 amide bonds. The normalized spacial score (nSPS) is 18.6. The zero-order chi connectivity index (χ0) is 18.6. The number of aromatic nitrogens is 3. The predicted octanol–water partition coefficient (Wildman–Crippen LogP) is 0.586. The molecule has 2 fully saturated rings. The molecule has 0 N–H and O–H groups in total. The highest BCUT2D eigenvalue weighted by Crippen LogP contribution is 2.18. The molecule has 2 aromatic rings. The Morgan fingerprint density at radius 2 is 1.56 bits per heavy atom. The summed E-state index contributed by atoms with van der Waals surface area (Å²) in [6.07, 6.45) is 7.02. The standard InChI is InChI=1S/C19H25N7O/c1-23-5-7-24(8-6-23)17-13-16(14-20-15-17)18(27)25-9-11-26(12-10-25)19-21-3-2-4-22-19/h2-4,13-15H,5-12H2,1H3. The van der Waals surface area contributed by atoms with Gasteiger partial charge in [-0.2, -0.15) is 0 Å². The van der Waals surface area contributed by atoms with Crippen molar-refractivity contribution < 1.29 is 4.79 Å². The van der Waals surface area contributed by atoms with Crippen molar-refractivity contribution in [3.8, 4) is 0 Å². The first-order valence-corrected chi connectivity index (χ1v) is 9.40. The van der Waals surface area contributed by atoms with Gasteiger partial charge in [-0.15, -0.1) is 0 Å². The molecular formula is C19H25N7O. The highest BCUT2D eigenvalue weighted by molar-refractivity contribution is 5.95. The van der Waals surface area contributed by atoms with Gasteiger partial charge in [0.2, 0.25) is 5.95 Å². The molecule has 0 atom stereocenters. The van der Waals surface area contributed by atoms with Crippen molar-refractivity contribution in [2.24, 2.45) is 0 Å². The van der Waals surface area contributed by atoms with Crippen molar-refractivity contribution in [3.05, 3.63) is 42.5 Å². The molecule has 4 rings (SSSR count). The fourth-order valence-electron chi connectivity index (χ4n) is 3.53. The van der Waals surface area contributed by atoms with Crippen molar-refractivity contribution in [2.45, 2.75) is 0 Å². The summed E-state index contributed by atoms with van der Waals surface area (Å²) >= 11 is 0. The van der Waals surface area contributed by atoms with E-state index in [1.807, 2.05) is 23.2 Å². The number of hydrogen-bond donors (Lipinski definition) is 0. The van der Waals surface area contributed by atoms with E-state index in [-0.39, 0.29) is 5.91 Å². The smallest absolute Gasteiger partial charge is 0.255 e. The number of piperazine rings is 2. The number of hydrogen-bond acceptors (Lipinski definition) is 7. The molecule has 0 bridgehead atoms. The maximum atomic E-state index is 12.9. The minimum atomic E-state index is 0.0482. The fraction of sp³-hybridized carbons (Fsp3) is 0.474. The van der Waals surface area contributed by atoms with Crippen LogP contribution in [0.4, 0.5) is 11.6 Å². The van der Waals surface area contributed by atoms with E-state index in [9.17, 15) is 4.79 Å². The van der Waals surface area contributed by atoms with Crippen molar-refractivity contribution >= 4 is 17.5 Å². The number of rotatable bonds is 3. The van der Waals surface area contributed by atoms with Crippen molar-refractivity contribution in [1.82, 2.24) is 24.8 Å². The molecule has 8 heteroatoms. The third-order valence-electron chi connectivity index (χ3n) is 5.24. The molecular weight excluding hydrogens is 342 g/mol. The number of nitrogens with zero attached hydrogens (tertiary/aromatic N) is 7. The summed E-state index contributed by atoms with van der Waals surface area (Å²) in [6, 6.07) is 3.79. The highest BCUT2D eigenvalue weighted by Gasteiger charge is 2.24. The number of carbonyl (C=O) groups is 1. The lowest BCUT2D eigenvalue weighted by molar-refractivity contribution is 0.0746. The second-order valence-electron chi connectivity index (χ2n) is 7.05. The van der Waals surface area contributed by atoms with Gasteiger partial charge in [0, 0.05) is 70.9 Å². The largest absolute Gasteiger partial charge is 0.368 e. The van der Waals surface area contributed by atoms with Gasteiger partial charge in [0.25, 0.3) is 5.91 Å². The summed E-state index contributed by atoms with van der Waals surface area (Å²) in [7, 11) is 2.13. The summed E-state index contributed by atoms with van der Waals surface area (Å²) in [5.41, 5.74) is 1.70. The van der Waals surface area contributed by atoms with Crippen LogP contribution in [0, 0.1) is 0 Å². The molecule has 0 radical (unpaired) electrons. The van der Waals surface area contributed by atoms with Gasteiger partial charge in [-0.3, -0.25) is 9.78 Å². The van der Waals surface area contributed by atoms with E-state index in [4.69, 9.17) is 0 Å². The van der Waals surface area contributed by atoms with Gasteiger partial charge in [-0.05, 0) is 19.2 Å². The van der Waals surface area contributed by atoms with Crippen LogP contribution in [-0.4, -0.2) is 90.1 Å². The Kier molecular flexibility index (Phi) is 5.15. The Morgan fingerprint density at radius 1 is 0.889 bits per heavy atom. The predicted molar refractivity (Wildman–Crippen MR) is 104 cm³/mol. The molecule has 2 aromatic heterocycles. The lowest BCUT2D eigenvalue weighted by Crippen LogP contribution is -2.49. The van der Waals surface area contributed by atoms with E-state index in [1.165, 1.54) is 0 Å². The molecule has 0 spiro atoms. The van der Waals surface area contributed by atoms with Gasteiger partial charge in [-0.25, -0.2) is 9.97 Å². The molecule has 142 valence electrons. The number of pyridine rings is 1. The fourth-order valence-corrected chi connectivity index (χ4v) is 3.53. The zero-order valence-corrected chi connectivity index (χ0v) is 15.7. The number of likely N-dealkylation sites (N-methyl/N-ethyl adjacent to an activating group) is 1. The van der Waals surface area contributed by atoms with Crippen molar-refractivity contribution in [2.75, 3.05) is 69.2 Å². The lowest BCUT2D eigenvalue weighted by Gasteiger charge is -2.35. The first-order valence-electron chi connectivity index (χ1n) is 9.40. The third-order valence-corrected chi connectivity index (χ3v) is 5.24. The van der Waals surface area contributed by atoms with E-state index in [2.05, 4.69) is 36.7 Å². The SMILES string of the molecule is CN1CCN(c2cncc(C(=O)N3CCN(c4ncccn4)CC3)c2)CC1. The maximum Gasteiger partial charge on any atom is 0.255 e. The van der Waals surface area contributed by atoms with Crippen LogP contribution in [0.1, 0.15) is 10.4 Å². The van der Waals surface area contributed by atoms with Crippen molar-refractivity contribution in [1.29, 1.82) is 0 Å². The Morgan fingerprint density at radius 3 is 2.26 bits per heavy atom. The van der Waals surface area contributed by atoms with Crippen LogP contribution < -0.4 is 9.80 Å². The average molecular weight is 367 g/mol. The Labute approximate surface area is 159 Å². The molecule has 2 aliphatic rings. The van der Waals surface area contributed by atoms with Crippen LogP contribution in [0.5, 0.6) is 0 Å². The molecule has 0 aromatic carbocycles. The summed E-state index contributed by atoms with van der Waals surface area (Å²) in [5, 5.41) is 0. The van der Waals surface area contributed by atoms with Gasteiger partial charge in [-0.1, -0.05) is 0 Å². The lowest BCUT2D eigenvalue weighted by atomic mass is 10.2. The van der Waals surface area contributed by atoms with E-state index in [1.54, 1.807) is 18.6 Å². The molecule has 2 aliphatic heterocycles. The number of anilines is 2. The highest BCUT2D eigenvalue weighted by atomic mass is 16.2. The molecule has 8 nitrogen and oxygen atoms in total. The van der Waals surface area contributed by atoms with E-state index in [0.29, 0.717) is 18.7 Å². The van der Waals surface area contributed by atoms with E-state index < -0.39 is 0 Å². The molecule has 27 heavy (non-hydrogen) atoms. The van der Waals surface area contributed by atoms with Crippen LogP contribution >= 0.6 is 0 Å². The Balaban J connectivity index is 1.39. The molecule has 0 saturated carbocycles. The minimum absolute atomic E-state index is 0.0482. The second-order valence-corrected chi connectivity index (χ2v) is 7.05. The molecule has 0 unspecified atom stereocenters. The summed E-state index contributed by atoms with van der Waals surface area (Å²) < 4.78 is 0. The van der Waals surface area contributed by atoms with Gasteiger partial charge in [0.05, 0.1) is 17.4 Å². The zero-order valence-electron chi connectivity index (χ0n) is 15.7. The number of amides is 1. The Hall–Kier alpha value is -2.74. The molecule has 2 saturated heterocycles. The van der Waals surface area contributed by atoms with Crippen LogP contribution in [0.15, 0.2) is 36.9 Å².